The molecule has 2 N–H and O–H groups in total. The van der Waals surface area contributed by atoms with Crippen LogP contribution in [0.1, 0.15) is 35.7 Å². The lowest BCUT2D eigenvalue weighted by molar-refractivity contribution is 0.102. The molecule has 1 amide bonds. The minimum absolute atomic E-state index is 0.190. The molecule has 2 aromatic carbocycles. The standard InChI is InChI=1S/C23H25N3O3/c1-15(2)18-7-5-6-8-19(18)26-23(27)16-11-12-24-22(13-16)25-20-10-9-17(28-3)14-21(20)29-4/h5-15H,1-4H3,(H,24,25)(H,26,27). The number of amides is 1. The molecule has 0 atom stereocenters. The first-order valence-corrected chi connectivity index (χ1v) is 9.37. The van der Waals surface area contributed by atoms with Crippen molar-refractivity contribution in [2.24, 2.45) is 0 Å². The van der Waals surface area contributed by atoms with Gasteiger partial charge in [-0.15, -0.1) is 0 Å². The Balaban J connectivity index is 1.80. The number of benzene rings is 2. The number of pyridine rings is 1. The van der Waals surface area contributed by atoms with Crippen molar-refractivity contribution in [2.75, 3.05) is 24.9 Å². The van der Waals surface area contributed by atoms with E-state index in [1.165, 1.54) is 0 Å². The number of hydrogen-bond acceptors (Lipinski definition) is 5. The number of nitrogens with one attached hydrogen (secondary N) is 2. The number of carbonyl (C=O) groups is 1. The van der Waals surface area contributed by atoms with Gasteiger partial charge in [-0.3, -0.25) is 4.79 Å². The highest BCUT2D eigenvalue weighted by atomic mass is 16.5. The molecule has 0 saturated carbocycles. The average Bonchev–Trinajstić information content (AvgIpc) is 2.74. The third kappa shape index (κ3) is 4.85. The fraction of sp³-hybridized carbons (Fsp3) is 0.217. The van der Waals surface area contributed by atoms with Crippen molar-refractivity contribution < 1.29 is 14.3 Å². The predicted molar refractivity (Wildman–Crippen MR) is 116 cm³/mol. The minimum atomic E-state index is -0.190. The highest BCUT2D eigenvalue weighted by Gasteiger charge is 2.12. The fourth-order valence-electron chi connectivity index (χ4n) is 2.99. The van der Waals surface area contributed by atoms with E-state index in [1.54, 1.807) is 38.6 Å². The second-order valence-electron chi connectivity index (χ2n) is 6.82. The Kier molecular flexibility index (Phi) is 6.34. The number of hydrogen-bond donors (Lipinski definition) is 2. The fourth-order valence-corrected chi connectivity index (χ4v) is 2.99. The first-order valence-electron chi connectivity index (χ1n) is 9.37. The number of rotatable bonds is 7. The number of anilines is 3. The SMILES string of the molecule is COc1ccc(Nc2cc(C(=O)Nc3ccccc3C(C)C)ccn2)c(OC)c1. The summed E-state index contributed by atoms with van der Waals surface area (Å²) in [5.74, 6) is 1.97. The van der Waals surface area contributed by atoms with Crippen LogP contribution in [0.5, 0.6) is 11.5 Å². The summed E-state index contributed by atoms with van der Waals surface area (Å²) in [7, 11) is 3.19. The topological polar surface area (TPSA) is 72.5 Å². The van der Waals surface area contributed by atoms with Crippen LogP contribution in [0.25, 0.3) is 0 Å². The molecule has 0 saturated heterocycles. The summed E-state index contributed by atoms with van der Waals surface area (Å²) >= 11 is 0. The second-order valence-corrected chi connectivity index (χ2v) is 6.82. The second kappa shape index (κ2) is 9.10. The molecule has 0 unspecified atom stereocenters. The molecule has 0 fully saturated rings. The van der Waals surface area contributed by atoms with E-state index in [4.69, 9.17) is 9.47 Å². The number of aromatic nitrogens is 1. The maximum Gasteiger partial charge on any atom is 0.255 e. The van der Waals surface area contributed by atoms with Crippen molar-refractivity contribution >= 4 is 23.1 Å². The molecule has 0 spiro atoms. The van der Waals surface area contributed by atoms with Gasteiger partial charge in [-0.25, -0.2) is 4.98 Å². The molecule has 3 rings (SSSR count). The highest BCUT2D eigenvalue weighted by Crippen LogP contribution is 2.31. The summed E-state index contributed by atoms with van der Waals surface area (Å²) in [5, 5.41) is 6.19. The van der Waals surface area contributed by atoms with Crippen molar-refractivity contribution in [1.29, 1.82) is 0 Å². The van der Waals surface area contributed by atoms with Crippen LogP contribution in [0.15, 0.2) is 60.8 Å². The lowest BCUT2D eigenvalue weighted by Gasteiger charge is -2.14. The van der Waals surface area contributed by atoms with Gasteiger partial charge in [0.15, 0.2) is 0 Å². The van der Waals surface area contributed by atoms with E-state index in [9.17, 15) is 4.79 Å². The van der Waals surface area contributed by atoms with Crippen LogP contribution < -0.4 is 20.1 Å². The summed E-state index contributed by atoms with van der Waals surface area (Å²) in [4.78, 5) is 17.1. The van der Waals surface area contributed by atoms with Gasteiger partial charge in [0.05, 0.1) is 19.9 Å². The number of nitrogens with zero attached hydrogens (tertiary/aromatic N) is 1. The van der Waals surface area contributed by atoms with Gasteiger partial charge in [0.25, 0.3) is 5.91 Å². The molecule has 3 aromatic rings. The number of para-hydroxylation sites is 1. The molecule has 0 aliphatic carbocycles. The predicted octanol–water partition coefficient (Wildman–Crippen LogP) is 5.22. The largest absolute Gasteiger partial charge is 0.497 e. The van der Waals surface area contributed by atoms with E-state index >= 15 is 0 Å². The highest BCUT2D eigenvalue weighted by molar-refractivity contribution is 6.05. The zero-order chi connectivity index (χ0) is 20.8. The van der Waals surface area contributed by atoms with E-state index in [2.05, 4.69) is 29.5 Å². The molecule has 1 heterocycles. The molecule has 150 valence electrons. The maximum absolute atomic E-state index is 12.8. The van der Waals surface area contributed by atoms with Crippen molar-refractivity contribution in [2.45, 2.75) is 19.8 Å². The van der Waals surface area contributed by atoms with Crippen molar-refractivity contribution in [3.8, 4) is 11.5 Å². The van der Waals surface area contributed by atoms with Gasteiger partial charge in [0, 0.05) is 23.5 Å². The maximum atomic E-state index is 12.8. The molecule has 0 aliphatic rings. The summed E-state index contributed by atoms with van der Waals surface area (Å²) < 4.78 is 10.6. The molecule has 6 nitrogen and oxygen atoms in total. The molecule has 0 bridgehead atoms. The summed E-state index contributed by atoms with van der Waals surface area (Å²) in [5.41, 5.74) is 3.14. The molecule has 6 heteroatoms. The Labute approximate surface area is 170 Å². The Hall–Kier alpha value is -3.54. The van der Waals surface area contributed by atoms with Crippen LogP contribution in [-0.2, 0) is 0 Å². The number of methoxy groups -OCH3 is 2. The zero-order valence-corrected chi connectivity index (χ0v) is 17.0. The third-order valence-electron chi connectivity index (χ3n) is 4.52. The van der Waals surface area contributed by atoms with E-state index < -0.39 is 0 Å². The van der Waals surface area contributed by atoms with Crippen LogP contribution in [0.3, 0.4) is 0 Å². The molecule has 1 aromatic heterocycles. The number of ether oxygens (including phenoxy) is 2. The average molecular weight is 391 g/mol. The quantitative estimate of drug-likeness (QED) is 0.578. The van der Waals surface area contributed by atoms with E-state index in [-0.39, 0.29) is 5.91 Å². The van der Waals surface area contributed by atoms with Gasteiger partial charge < -0.3 is 20.1 Å². The Bertz CT molecular complexity index is 1000. The van der Waals surface area contributed by atoms with Crippen LogP contribution in [0.2, 0.25) is 0 Å². The smallest absolute Gasteiger partial charge is 0.255 e. The number of carbonyl (C=O) groups excluding carboxylic acids is 1. The van der Waals surface area contributed by atoms with Crippen molar-refractivity contribution in [3.05, 3.63) is 71.9 Å². The van der Waals surface area contributed by atoms with Gasteiger partial charge in [0.1, 0.15) is 17.3 Å². The summed E-state index contributed by atoms with van der Waals surface area (Å²) in [6.45, 7) is 4.20. The molecule has 0 radical (unpaired) electrons. The minimum Gasteiger partial charge on any atom is -0.497 e. The van der Waals surface area contributed by atoms with Crippen LogP contribution >= 0.6 is 0 Å². The Morgan fingerprint density at radius 1 is 0.966 bits per heavy atom. The first kappa shape index (κ1) is 20.2. The molecule has 29 heavy (non-hydrogen) atoms. The van der Waals surface area contributed by atoms with Gasteiger partial charge in [0.2, 0.25) is 0 Å². The van der Waals surface area contributed by atoms with Crippen molar-refractivity contribution in [3.63, 3.8) is 0 Å². The van der Waals surface area contributed by atoms with Gasteiger partial charge in [-0.1, -0.05) is 32.0 Å². The van der Waals surface area contributed by atoms with E-state index in [1.807, 2.05) is 36.4 Å². The zero-order valence-electron chi connectivity index (χ0n) is 17.0. The van der Waals surface area contributed by atoms with Crippen LogP contribution in [-0.4, -0.2) is 25.1 Å². The normalized spacial score (nSPS) is 10.5. The van der Waals surface area contributed by atoms with E-state index in [0.717, 1.165) is 16.9 Å². The lowest BCUT2D eigenvalue weighted by atomic mass is 10.0. The van der Waals surface area contributed by atoms with Gasteiger partial charge >= 0.3 is 0 Å². The molecule has 0 aliphatic heterocycles. The third-order valence-corrected chi connectivity index (χ3v) is 4.52. The summed E-state index contributed by atoms with van der Waals surface area (Å²) in [6.07, 6.45) is 1.60. The van der Waals surface area contributed by atoms with Crippen LogP contribution in [0, 0.1) is 0 Å². The van der Waals surface area contributed by atoms with Crippen molar-refractivity contribution in [1.82, 2.24) is 4.98 Å². The van der Waals surface area contributed by atoms with Gasteiger partial charge in [-0.05, 0) is 41.8 Å². The van der Waals surface area contributed by atoms with Crippen LogP contribution in [0.4, 0.5) is 17.2 Å². The lowest BCUT2D eigenvalue weighted by Crippen LogP contribution is -2.14. The first-order chi connectivity index (χ1) is 14.0. The molecular formula is C23H25N3O3. The Morgan fingerprint density at radius 2 is 1.76 bits per heavy atom. The monoisotopic (exact) mass is 391 g/mol. The molecular weight excluding hydrogens is 366 g/mol. The van der Waals surface area contributed by atoms with Gasteiger partial charge in [-0.2, -0.15) is 0 Å². The summed E-state index contributed by atoms with van der Waals surface area (Å²) in [6, 6.07) is 16.7. The Morgan fingerprint density at radius 3 is 2.48 bits per heavy atom. The van der Waals surface area contributed by atoms with E-state index in [0.29, 0.717) is 28.8 Å².